The molecule has 0 saturated heterocycles. The highest BCUT2D eigenvalue weighted by Crippen LogP contribution is 2.19. The first-order valence-electron chi connectivity index (χ1n) is 7.83. The lowest BCUT2D eigenvalue weighted by atomic mass is 10.2. The molecule has 2 rings (SSSR count). The first-order chi connectivity index (χ1) is 12.2. The van der Waals surface area contributed by atoms with Crippen LogP contribution in [0, 0.1) is 22.7 Å². The second-order valence-corrected chi connectivity index (χ2v) is 5.30. The van der Waals surface area contributed by atoms with Gasteiger partial charge in [0.1, 0.15) is 11.3 Å². The Kier molecular flexibility index (Phi) is 6.56. The van der Waals surface area contributed by atoms with E-state index in [4.69, 9.17) is 19.8 Å². The van der Waals surface area contributed by atoms with Crippen molar-refractivity contribution in [3.63, 3.8) is 0 Å². The van der Waals surface area contributed by atoms with Crippen molar-refractivity contribution in [1.29, 1.82) is 10.5 Å². The van der Waals surface area contributed by atoms with Crippen LogP contribution in [0.25, 0.3) is 11.0 Å². The van der Waals surface area contributed by atoms with Gasteiger partial charge in [0.25, 0.3) is 5.91 Å². The number of fused-ring (bicyclic) bond motifs is 1. The third kappa shape index (κ3) is 5.08. The molecule has 7 heteroatoms. The van der Waals surface area contributed by atoms with Gasteiger partial charge in [0.15, 0.2) is 12.4 Å². The predicted molar refractivity (Wildman–Crippen MR) is 91.4 cm³/mol. The molecule has 0 bridgehead atoms. The summed E-state index contributed by atoms with van der Waals surface area (Å²) in [7, 11) is 0. The van der Waals surface area contributed by atoms with Gasteiger partial charge in [-0.05, 0) is 19.1 Å². The number of rotatable bonds is 8. The minimum absolute atomic E-state index is 0.207. The Bertz CT molecular complexity index is 791. The molecule has 0 radical (unpaired) electrons. The van der Waals surface area contributed by atoms with Gasteiger partial charge < -0.3 is 14.2 Å². The number of benzene rings is 1. The van der Waals surface area contributed by atoms with Crippen LogP contribution in [-0.4, -0.2) is 36.2 Å². The first kappa shape index (κ1) is 18.0. The van der Waals surface area contributed by atoms with E-state index < -0.39 is 0 Å². The molecule has 25 heavy (non-hydrogen) atoms. The number of hydrogen-bond acceptors (Lipinski definition) is 6. The lowest BCUT2D eigenvalue weighted by molar-refractivity contribution is -0.136. The zero-order valence-corrected chi connectivity index (χ0v) is 13.9. The lowest BCUT2D eigenvalue weighted by Gasteiger charge is -2.19. The van der Waals surface area contributed by atoms with Crippen LogP contribution >= 0.6 is 0 Å². The zero-order valence-electron chi connectivity index (χ0n) is 13.9. The summed E-state index contributed by atoms with van der Waals surface area (Å²) in [4.78, 5) is 18.7. The molecule has 0 aliphatic carbocycles. The molecule has 1 aromatic heterocycles. The molecule has 0 saturated carbocycles. The number of para-hydroxylation sites is 1. The molecular formula is C18H18N4O3. The van der Waals surface area contributed by atoms with E-state index in [9.17, 15) is 4.79 Å². The highest BCUT2D eigenvalue weighted by molar-refractivity contribution is 5.99. The van der Waals surface area contributed by atoms with Gasteiger partial charge in [-0.2, -0.15) is 10.5 Å². The van der Waals surface area contributed by atoms with Crippen molar-refractivity contribution in [2.45, 2.75) is 19.8 Å². The number of oxime groups is 1. The minimum Gasteiger partial charge on any atom is -0.455 e. The maximum absolute atomic E-state index is 12.1. The molecule has 0 aliphatic rings. The molecular weight excluding hydrogens is 320 g/mol. The Morgan fingerprint density at radius 2 is 1.92 bits per heavy atom. The molecule has 2 aromatic rings. The number of carbonyl (C=O) groups excluding carboxylic acids is 1. The number of amides is 1. The summed E-state index contributed by atoms with van der Waals surface area (Å²) in [6.07, 6.45) is 0.414. The Balaban J connectivity index is 1.94. The topological polar surface area (TPSA) is 103 Å². The fourth-order valence-corrected chi connectivity index (χ4v) is 2.21. The van der Waals surface area contributed by atoms with Crippen molar-refractivity contribution in [2.24, 2.45) is 5.16 Å². The van der Waals surface area contributed by atoms with Crippen molar-refractivity contribution in [1.82, 2.24) is 4.90 Å². The molecule has 0 aliphatic heterocycles. The van der Waals surface area contributed by atoms with Crippen molar-refractivity contribution >= 4 is 22.6 Å². The van der Waals surface area contributed by atoms with Gasteiger partial charge in [-0.25, -0.2) is 0 Å². The molecule has 7 nitrogen and oxygen atoms in total. The molecule has 1 aromatic carbocycles. The van der Waals surface area contributed by atoms with Crippen LogP contribution in [0.15, 0.2) is 39.9 Å². The maximum Gasteiger partial charge on any atom is 0.263 e. The highest BCUT2D eigenvalue weighted by atomic mass is 16.6. The fraction of sp³-hybridized carbons (Fsp3) is 0.333. The van der Waals surface area contributed by atoms with E-state index in [1.807, 2.05) is 42.5 Å². The molecule has 1 heterocycles. The third-order valence-electron chi connectivity index (χ3n) is 3.51. The maximum atomic E-state index is 12.1. The fourth-order valence-electron chi connectivity index (χ4n) is 2.21. The SMILES string of the molecule is C/C(=N/OCC(=O)N(CCC#N)CCC#N)c1cc2ccccc2o1. The van der Waals surface area contributed by atoms with Crippen molar-refractivity contribution in [2.75, 3.05) is 19.7 Å². The number of carbonyl (C=O) groups is 1. The van der Waals surface area contributed by atoms with Gasteiger partial charge in [-0.3, -0.25) is 4.79 Å². The smallest absolute Gasteiger partial charge is 0.263 e. The summed E-state index contributed by atoms with van der Waals surface area (Å²) in [5.74, 6) is 0.256. The standard InChI is InChI=1S/C18H18N4O3/c1-14(17-12-15-6-2-3-7-16(15)25-17)21-24-13-18(23)22(10-4-8-19)11-5-9-20/h2-3,6-7,12H,4-5,10-11,13H2,1H3/b21-14-. The quantitative estimate of drug-likeness (QED) is 0.544. The van der Waals surface area contributed by atoms with E-state index in [0.29, 0.717) is 11.5 Å². The Labute approximate surface area is 145 Å². The molecule has 0 spiro atoms. The Morgan fingerprint density at radius 1 is 1.24 bits per heavy atom. The van der Waals surface area contributed by atoms with E-state index in [2.05, 4.69) is 5.16 Å². The van der Waals surface area contributed by atoms with E-state index in [1.165, 1.54) is 4.90 Å². The number of nitrogens with zero attached hydrogens (tertiary/aromatic N) is 4. The van der Waals surface area contributed by atoms with Crippen LogP contribution in [0.4, 0.5) is 0 Å². The second-order valence-electron chi connectivity index (χ2n) is 5.30. The van der Waals surface area contributed by atoms with Crippen molar-refractivity contribution in [3.05, 3.63) is 36.1 Å². The normalized spacial score (nSPS) is 10.9. The van der Waals surface area contributed by atoms with Crippen LogP contribution in [0.3, 0.4) is 0 Å². The van der Waals surface area contributed by atoms with Crippen molar-refractivity contribution in [3.8, 4) is 12.1 Å². The number of furan rings is 1. The molecule has 0 N–H and O–H groups in total. The summed E-state index contributed by atoms with van der Waals surface area (Å²) in [6, 6.07) is 13.4. The van der Waals surface area contributed by atoms with Gasteiger partial charge >= 0.3 is 0 Å². The van der Waals surface area contributed by atoms with Gasteiger partial charge in [0, 0.05) is 18.5 Å². The van der Waals surface area contributed by atoms with Gasteiger partial charge in [-0.1, -0.05) is 23.4 Å². The number of hydrogen-bond donors (Lipinski definition) is 0. The van der Waals surface area contributed by atoms with Crippen LogP contribution in [0.5, 0.6) is 0 Å². The van der Waals surface area contributed by atoms with Crippen LogP contribution in [0.1, 0.15) is 25.5 Å². The van der Waals surface area contributed by atoms with Gasteiger partial charge in [0.05, 0.1) is 25.0 Å². The van der Waals surface area contributed by atoms with Crippen molar-refractivity contribution < 1.29 is 14.0 Å². The molecule has 1 amide bonds. The molecule has 128 valence electrons. The van der Waals surface area contributed by atoms with E-state index in [0.717, 1.165) is 11.0 Å². The average molecular weight is 338 g/mol. The highest BCUT2D eigenvalue weighted by Gasteiger charge is 2.14. The summed E-state index contributed by atoms with van der Waals surface area (Å²) in [5.41, 5.74) is 1.27. The Hall–Kier alpha value is -3.32. The van der Waals surface area contributed by atoms with Crippen LogP contribution < -0.4 is 0 Å². The zero-order chi connectivity index (χ0) is 18.1. The Morgan fingerprint density at radius 3 is 2.56 bits per heavy atom. The first-order valence-corrected chi connectivity index (χ1v) is 7.83. The van der Waals surface area contributed by atoms with Crippen LogP contribution in [0.2, 0.25) is 0 Å². The van der Waals surface area contributed by atoms with Gasteiger partial charge in [-0.15, -0.1) is 0 Å². The molecule has 0 atom stereocenters. The average Bonchev–Trinajstić information content (AvgIpc) is 3.06. The summed E-state index contributed by atoms with van der Waals surface area (Å²) < 4.78 is 5.66. The second kappa shape index (κ2) is 9.09. The summed E-state index contributed by atoms with van der Waals surface area (Å²) in [6.45, 7) is 2.01. The summed E-state index contributed by atoms with van der Waals surface area (Å²) in [5, 5.41) is 22.2. The van der Waals surface area contributed by atoms with Crippen LogP contribution in [-0.2, 0) is 9.63 Å². The van der Waals surface area contributed by atoms with Gasteiger partial charge in [0.2, 0.25) is 0 Å². The third-order valence-corrected chi connectivity index (χ3v) is 3.51. The molecule has 0 fully saturated rings. The number of nitriles is 2. The lowest BCUT2D eigenvalue weighted by Crippen LogP contribution is -2.35. The van der Waals surface area contributed by atoms with E-state index in [1.54, 1.807) is 6.92 Å². The summed E-state index contributed by atoms with van der Waals surface area (Å²) >= 11 is 0. The predicted octanol–water partition coefficient (Wildman–Crippen LogP) is 2.83. The molecule has 0 unspecified atom stereocenters. The van der Waals surface area contributed by atoms with E-state index in [-0.39, 0.29) is 38.4 Å². The minimum atomic E-state index is -0.313. The monoisotopic (exact) mass is 338 g/mol. The largest absolute Gasteiger partial charge is 0.455 e. The van der Waals surface area contributed by atoms with E-state index >= 15 is 0 Å².